The molecule has 2 N–H and O–H groups in total. The van der Waals surface area contributed by atoms with E-state index in [1.165, 1.54) is 13.0 Å². The first kappa shape index (κ1) is 24.3. The largest absolute Gasteiger partial charge is 0.501 e. The number of phenols is 1. The van der Waals surface area contributed by atoms with Crippen LogP contribution < -0.4 is 5.56 Å². The predicted octanol–water partition coefficient (Wildman–Crippen LogP) is 3.19. The number of benzene rings is 2. The molecule has 31 heavy (non-hydrogen) atoms. The Hall–Kier alpha value is -3.02. The van der Waals surface area contributed by atoms with Crippen LogP contribution in [0.15, 0.2) is 56.3 Å². The monoisotopic (exact) mass is 504 g/mol. The molecule has 162 valence electrons. The zero-order chi connectivity index (χ0) is 22.2. The number of aromatic hydroxyl groups is 1. The van der Waals surface area contributed by atoms with Gasteiger partial charge in [0.15, 0.2) is 0 Å². The third-order valence-electron chi connectivity index (χ3n) is 3.84. The Morgan fingerprint density at radius 3 is 2.55 bits per heavy atom. The van der Waals surface area contributed by atoms with Crippen molar-refractivity contribution in [2.75, 3.05) is 0 Å². The van der Waals surface area contributed by atoms with Crippen LogP contribution in [-0.2, 0) is 27.5 Å². The van der Waals surface area contributed by atoms with Crippen LogP contribution in [0.25, 0.3) is 5.69 Å². The first-order valence-corrected chi connectivity index (χ1v) is 9.74. The van der Waals surface area contributed by atoms with Gasteiger partial charge in [-0.05, 0) is 24.3 Å². The van der Waals surface area contributed by atoms with E-state index in [1.54, 1.807) is 18.2 Å². The minimum Gasteiger partial charge on any atom is -0.501 e. The number of nitro groups is 1. The fraction of sp³-hybridized carbons (Fsp3) is 0.0625. The van der Waals surface area contributed by atoms with Gasteiger partial charge in [-0.3, -0.25) is 14.7 Å². The van der Waals surface area contributed by atoms with Crippen LogP contribution in [0.3, 0.4) is 0 Å². The van der Waals surface area contributed by atoms with Crippen LogP contribution in [0, 0.1) is 17.0 Å². The van der Waals surface area contributed by atoms with Crippen molar-refractivity contribution in [1.82, 2.24) is 9.78 Å². The maximum absolute atomic E-state index is 12.6. The van der Waals surface area contributed by atoms with Crippen LogP contribution in [0.2, 0.25) is 5.02 Å². The molecule has 0 aliphatic carbocycles. The molecule has 0 fully saturated rings. The molecule has 2 aromatic carbocycles. The molecule has 15 heteroatoms. The molecule has 0 unspecified atom stereocenters. The molecule has 0 atom stereocenters. The van der Waals surface area contributed by atoms with Crippen molar-refractivity contribution in [3.63, 3.8) is 0 Å². The molecule has 0 saturated carbocycles. The van der Waals surface area contributed by atoms with Crippen molar-refractivity contribution in [3.8, 4) is 11.4 Å². The van der Waals surface area contributed by atoms with Crippen molar-refractivity contribution in [2.24, 2.45) is 10.2 Å². The SMILES string of the molecule is Cc1nn(-c2cccc(Cl)c2)c(=O)[c-]1N=Nc1cc(S(=O)(=O)O)cc([N+](=O)[O-])c1O.[Cr]. The van der Waals surface area contributed by atoms with Crippen molar-refractivity contribution in [1.29, 1.82) is 0 Å². The summed E-state index contributed by atoms with van der Waals surface area (Å²) in [6.07, 6.45) is 0. The molecule has 0 spiro atoms. The van der Waals surface area contributed by atoms with E-state index < -0.39 is 42.6 Å². The number of hydrogen-bond acceptors (Lipinski definition) is 9. The predicted molar refractivity (Wildman–Crippen MR) is 104 cm³/mol. The van der Waals surface area contributed by atoms with E-state index in [0.717, 1.165) is 4.68 Å². The number of hydrogen-bond donors (Lipinski definition) is 2. The molecule has 3 aromatic rings. The molecule has 3 rings (SSSR count). The molecule has 1 heterocycles. The Balaban J connectivity index is 0.00000341. The molecule has 0 saturated heterocycles. The van der Waals surface area contributed by atoms with E-state index in [4.69, 9.17) is 16.2 Å². The van der Waals surface area contributed by atoms with E-state index in [0.29, 0.717) is 22.8 Å². The van der Waals surface area contributed by atoms with Crippen molar-refractivity contribution in [2.45, 2.75) is 11.8 Å². The van der Waals surface area contributed by atoms with E-state index in [1.807, 2.05) is 0 Å². The van der Waals surface area contributed by atoms with Gasteiger partial charge in [0.1, 0.15) is 16.1 Å². The zero-order valence-electron chi connectivity index (χ0n) is 15.3. The van der Waals surface area contributed by atoms with E-state index in [9.17, 15) is 28.4 Å². The Bertz CT molecular complexity index is 1370. The van der Waals surface area contributed by atoms with Gasteiger partial charge in [0.2, 0.25) is 5.75 Å². The Morgan fingerprint density at radius 2 is 1.97 bits per heavy atom. The average Bonchev–Trinajstić information content (AvgIpc) is 2.93. The van der Waals surface area contributed by atoms with Crippen LogP contribution in [-0.4, -0.2) is 32.8 Å². The first-order chi connectivity index (χ1) is 14.0. The fourth-order valence-corrected chi connectivity index (χ4v) is 3.15. The summed E-state index contributed by atoms with van der Waals surface area (Å²) >= 11 is 5.91. The number of nitrogens with zero attached hydrogens (tertiary/aromatic N) is 5. The average molecular weight is 505 g/mol. The zero-order valence-corrected chi connectivity index (χ0v) is 18.2. The van der Waals surface area contributed by atoms with Crippen LogP contribution >= 0.6 is 11.6 Å². The molecule has 1 aromatic heterocycles. The third kappa shape index (κ3) is 5.01. The summed E-state index contributed by atoms with van der Waals surface area (Å²) in [6, 6.07) is 7.40. The number of azo groups is 1. The van der Waals surface area contributed by atoms with Gasteiger partial charge >= 0.3 is 5.69 Å². The fourth-order valence-electron chi connectivity index (χ4n) is 2.44. The summed E-state index contributed by atoms with van der Waals surface area (Å²) in [4.78, 5) is 21.7. The number of rotatable bonds is 5. The van der Waals surface area contributed by atoms with Gasteiger partial charge in [-0.2, -0.15) is 13.5 Å². The second kappa shape index (κ2) is 9.00. The Kier molecular flexibility index (Phi) is 7.04. The number of nitro benzene ring substituents is 1. The van der Waals surface area contributed by atoms with Crippen molar-refractivity contribution in [3.05, 3.63) is 67.6 Å². The molecule has 0 bridgehead atoms. The van der Waals surface area contributed by atoms with E-state index in [-0.39, 0.29) is 28.7 Å². The quantitative estimate of drug-likeness (QED) is 0.175. The minimum atomic E-state index is -4.84. The Morgan fingerprint density at radius 1 is 1.29 bits per heavy atom. The van der Waals surface area contributed by atoms with Crippen molar-refractivity contribution >= 4 is 38.8 Å². The van der Waals surface area contributed by atoms with Crippen LogP contribution in [0.5, 0.6) is 5.75 Å². The van der Waals surface area contributed by atoms with Crippen molar-refractivity contribution < 1.29 is 40.4 Å². The van der Waals surface area contributed by atoms with Gasteiger partial charge in [0.25, 0.3) is 10.1 Å². The molecule has 0 amide bonds. The van der Waals surface area contributed by atoms with Gasteiger partial charge in [-0.1, -0.05) is 30.3 Å². The second-order valence-electron chi connectivity index (χ2n) is 5.87. The molecular formula is C16H11ClCrN5O7S-. The summed E-state index contributed by atoms with van der Waals surface area (Å²) in [5, 5.41) is 32.7. The molecule has 0 aliphatic rings. The number of aryl methyl sites for hydroxylation is 1. The summed E-state index contributed by atoms with van der Waals surface area (Å²) in [5.41, 5.74) is -2.13. The summed E-state index contributed by atoms with van der Waals surface area (Å²) in [7, 11) is -4.84. The number of aromatic nitrogens is 2. The van der Waals surface area contributed by atoms with Gasteiger partial charge < -0.3 is 15.0 Å². The summed E-state index contributed by atoms with van der Waals surface area (Å²) in [5.74, 6) is -0.997. The maximum Gasteiger partial charge on any atom is 0.314 e. The summed E-state index contributed by atoms with van der Waals surface area (Å²) in [6.45, 7) is 1.45. The summed E-state index contributed by atoms with van der Waals surface area (Å²) < 4.78 is 32.9. The third-order valence-corrected chi connectivity index (χ3v) is 4.90. The number of halogens is 1. The first-order valence-electron chi connectivity index (χ1n) is 7.92. The smallest absolute Gasteiger partial charge is 0.314 e. The normalized spacial score (nSPS) is 11.5. The van der Waals surface area contributed by atoms with E-state index in [2.05, 4.69) is 15.3 Å². The molecule has 12 nitrogen and oxygen atoms in total. The van der Waals surface area contributed by atoms with E-state index >= 15 is 0 Å². The van der Waals surface area contributed by atoms with Crippen LogP contribution in [0.1, 0.15) is 5.69 Å². The van der Waals surface area contributed by atoms with Gasteiger partial charge in [0, 0.05) is 28.5 Å². The molecule has 0 aliphatic heterocycles. The minimum absolute atomic E-state index is 0. The second-order valence-corrected chi connectivity index (χ2v) is 7.73. The maximum atomic E-state index is 12.6. The molecular weight excluding hydrogens is 494 g/mol. The standard InChI is InChI=1S/C16H11ClN5O7S.Cr/c1-8-14(16(24)21(20-8)10-4-2-3-9(17)5-10)19-18-12-6-11(30(27,28)29)7-13(15(12)23)22(25)26;/h2-7,23H,1H3,(H,27,28,29);/q-1;. The molecule has 0 radical (unpaired) electrons. The Labute approximate surface area is 189 Å². The van der Waals surface area contributed by atoms with Crippen LogP contribution in [0.4, 0.5) is 17.1 Å². The number of phenolic OH excluding ortho intramolecular Hbond substituents is 1. The topological polar surface area (TPSA) is 177 Å². The van der Waals surface area contributed by atoms with Gasteiger partial charge in [-0.15, -0.1) is 5.69 Å². The van der Waals surface area contributed by atoms with Gasteiger partial charge in [0.05, 0.1) is 10.6 Å². The van der Waals surface area contributed by atoms with Gasteiger partial charge in [-0.25, -0.2) is 9.78 Å².